The molecule has 1 aliphatic heterocycles. The summed E-state index contributed by atoms with van der Waals surface area (Å²) in [5.74, 6) is 0.572. The van der Waals surface area contributed by atoms with Crippen LogP contribution >= 0.6 is 27.5 Å². The van der Waals surface area contributed by atoms with Crippen molar-refractivity contribution in [3.8, 4) is 22.3 Å². The molecule has 1 aromatic heterocycles. The quantitative estimate of drug-likeness (QED) is 0.235. The number of halogens is 5. The van der Waals surface area contributed by atoms with E-state index in [-0.39, 0.29) is 28.6 Å². The number of fused-ring (bicyclic) bond motifs is 1. The highest BCUT2D eigenvalue weighted by atomic mass is 79.9. The van der Waals surface area contributed by atoms with Gasteiger partial charge in [-0.2, -0.15) is 21.6 Å². The Kier molecular flexibility index (Phi) is 7.18. The van der Waals surface area contributed by atoms with Gasteiger partial charge in [0.15, 0.2) is 5.15 Å². The molecule has 5 rings (SSSR count). The summed E-state index contributed by atoms with van der Waals surface area (Å²) < 4.78 is 73.0. The van der Waals surface area contributed by atoms with Crippen LogP contribution in [0.5, 0.6) is 0 Å². The predicted molar refractivity (Wildman–Crippen MR) is 143 cm³/mol. The first kappa shape index (κ1) is 27.5. The first-order valence-electron chi connectivity index (χ1n) is 11.7. The molecule has 2 aromatic rings. The SMILES string of the molecule is CNC(=O)c1c(Cl)nc(CC2CC2)n1Cc1c2ccocc-2c(Br)c1-c1ccccc1NS(=O)(=O)C(F)(F)F. The Bertz CT molecular complexity index is 1650. The van der Waals surface area contributed by atoms with E-state index >= 15 is 0 Å². The average Bonchev–Trinajstić information content (AvgIpc) is 3.59. The Labute approximate surface area is 235 Å². The molecule has 2 aliphatic carbocycles. The van der Waals surface area contributed by atoms with E-state index in [0.29, 0.717) is 44.9 Å². The van der Waals surface area contributed by atoms with Gasteiger partial charge in [-0.15, -0.1) is 0 Å². The molecule has 0 bridgehead atoms. The molecule has 1 saturated carbocycles. The number of carbonyl (C=O) groups is 1. The summed E-state index contributed by atoms with van der Waals surface area (Å²) >= 11 is 9.97. The van der Waals surface area contributed by atoms with Gasteiger partial charge in [0.1, 0.15) is 11.5 Å². The third-order valence-electron chi connectivity index (χ3n) is 6.55. The van der Waals surface area contributed by atoms with E-state index in [1.54, 1.807) is 21.4 Å². The van der Waals surface area contributed by atoms with Crippen molar-refractivity contribution in [1.82, 2.24) is 14.9 Å². The van der Waals surface area contributed by atoms with Crippen molar-refractivity contribution < 1.29 is 30.8 Å². The van der Waals surface area contributed by atoms with Gasteiger partial charge in [0.25, 0.3) is 5.91 Å². The molecule has 14 heteroatoms. The molecule has 2 heterocycles. The van der Waals surface area contributed by atoms with Crippen LogP contribution < -0.4 is 10.0 Å². The standard InChI is InChI=1S/C25H21BrClF3N4O4S/c1-31-24(35)22-23(27)32-19(10-13-6-7-13)34(22)11-16-14-8-9-38-12-17(14)21(26)20(16)15-4-2-3-5-18(15)33-39(36,37)25(28,29)30/h2-5,8-9,12-13,33H,6-7,10-11H2,1H3,(H,31,35). The number of amides is 1. The first-order valence-corrected chi connectivity index (χ1v) is 14.4. The summed E-state index contributed by atoms with van der Waals surface area (Å²) in [4.78, 5) is 17.3. The molecule has 1 fully saturated rings. The number of alkyl halides is 3. The Hall–Kier alpha value is -3.03. The second kappa shape index (κ2) is 10.2. The van der Waals surface area contributed by atoms with Gasteiger partial charge >= 0.3 is 15.5 Å². The molecule has 8 nitrogen and oxygen atoms in total. The van der Waals surface area contributed by atoms with Crippen molar-refractivity contribution in [2.45, 2.75) is 31.3 Å². The fraction of sp³-hybridized carbons (Fsp3) is 0.280. The van der Waals surface area contributed by atoms with E-state index in [1.807, 2.05) is 0 Å². The highest BCUT2D eigenvalue weighted by molar-refractivity contribution is 9.10. The van der Waals surface area contributed by atoms with Crippen LogP contribution in [-0.4, -0.2) is 36.4 Å². The Balaban J connectivity index is 1.72. The van der Waals surface area contributed by atoms with Crippen molar-refractivity contribution in [2.24, 2.45) is 5.92 Å². The molecule has 0 atom stereocenters. The third-order valence-corrected chi connectivity index (χ3v) is 8.73. The highest BCUT2D eigenvalue weighted by Crippen LogP contribution is 2.49. The number of hydrogen-bond acceptors (Lipinski definition) is 5. The zero-order chi connectivity index (χ0) is 28.1. The molecule has 206 valence electrons. The number of anilines is 1. The van der Waals surface area contributed by atoms with E-state index in [2.05, 4.69) is 26.2 Å². The summed E-state index contributed by atoms with van der Waals surface area (Å²) in [6.07, 6.45) is 5.59. The van der Waals surface area contributed by atoms with Gasteiger partial charge in [0.05, 0.1) is 24.8 Å². The molecule has 0 unspecified atom stereocenters. The van der Waals surface area contributed by atoms with Crippen LogP contribution in [0.2, 0.25) is 5.15 Å². The Morgan fingerprint density at radius 2 is 1.92 bits per heavy atom. The molecule has 3 aliphatic rings. The van der Waals surface area contributed by atoms with E-state index in [1.165, 1.54) is 37.8 Å². The minimum Gasteiger partial charge on any atom is -0.472 e. The average molecular weight is 646 g/mol. The molecule has 1 amide bonds. The monoisotopic (exact) mass is 644 g/mol. The van der Waals surface area contributed by atoms with Crippen molar-refractivity contribution >= 4 is 49.1 Å². The second-order valence-corrected chi connectivity index (χ2v) is 12.0. The summed E-state index contributed by atoms with van der Waals surface area (Å²) in [5.41, 5.74) is -3.12. The molecule has 1 aromatic carbocycles. The normalized spacial score (nSPS) is 14.1. The molecule has 0 saturated heterocycles. The van der Waals surface area contributed by atoms with Crippen LogP contribution in [0.4, 0.5) is 18.9 Å². The number of aromatic nitrogens is 2. The fourth-order valence-corrected chi connectivity index (χ4v) is 6.14. The predicted octanol–water partition coefficient (Wildman–Crippen LogP) is 6.29. The lowest BCUT2D eigenvalue weighted by molar-refractivity contribution is -0.0429. The van der Waals surface area contributed by atoms with Crippen LogP contribution in [0.25, 0.3) is 22.3 Å². The number of sulfonamides is 1. The van der Waals surface area contributed by atoms with E-state index in [9.17, 15) is 26.4 Å². The summed E-state index contributed by atoms with van der Waals surface area (Å²) in [6.45, 7) is 0.0757. The van der Waals surface area contributed by atoms with Gasteiger partial charge in [-0.1, -0.05) is 29.8 Å². The topological polar surface area (TPSA) is 106 Å². The van der Waals surface area contributed by atoms with E-state index < -0.39 is 21.4 Å². The minimum atomic E-state index is -5.70. The third kappa shape index (κ3) is 5.14. The molecule has 0 spiro atoms. The molecule has 0 radical (unpaired) electrons. The van der Waals surface area contributed by atoms with E-state index in [4.69, 9.17) is 16.0 Å². The zero-order valence-electron chi connectivity index (χ0n) is 20.3. The first-order chi connectivity index (χ1) is 18.4. The lowest BCUT2D eigenvalue weighted by Gasteiger charge is -2.17. The van der Waals surface area contributed by atoms with Crippen LogP contribution in [-0.2, 0) is 23.0 Å². The number of carbonyl (C=O) groups excluding carboxylic acids is 1. The number of benzene rings is 1. The molecular formula is C25H21BrClF3N4O4S. The minimum absolute atomic E-state index is 0.0369. The van der Waals surface area contributed by atoms with Gasteiger partial charge in [0, 0.05) is 34.6 Å². The second-order valence-electron chi connectivity index (χ2n) is 9.13. The number of rotatable bonds is 8. The molecular weight excluding hydrogens is 625 g/mol. The van der Waals surface area contributed by atoms with Crippen LogP contribution in [0.1, 0.15) is 34.7 Å². The fourth-order valence-electron chi connectivity index (χ4n) is 4.51. The lowest BCUT2D eigenvalue weighted by atomic mass is 10.0. The number of imidazole rings is 1. The molecule has 2 N–H and O–H groups in total. The molecule has 39 heavy (non-hydrogen) atoms. The smallest absolute Gasteiger partial charge is 0.472 e. The number of hydrogen-bond donors (Lipinski definition) is 2. The van der Waals surface area contributed by atoms with Crippen LogP contribution in [0.3, 0.4) is 0 Å². The Morgan fingerprint density at radius 3 is 2.59 bits per heavy atom. The summed E-state index contributed by atoms with van der Waals surface area (Å²) in [7, 11) is -4.22. The maximum Gasteiger partial charge on any atom is 0.516 e. The maximum atomic E-state index is 13.2. The van der Waals surface area contributed by atoms with Gasteiger partial charge < -0.3 is 14.3 Å². The number of para-hydroxylation sites is 1. The van der Waals surface area contributed by atoms with Crippen LogP contribution in [0, 0.1) is 5.92 Å². The zero-order valence-corrected chi connectivity index (χ0v) is 23.4. The largest absolute Gasteiger partial charge is 0.516 e. The van der Waals surface area contributed by atoms with Crippen molar-refractivity contribution in [1.29, 1.82) is 0 Å². The van der Waals surface area contributed by atoms with Gasteiger partial charge in [-0.05, 0) is 57.9 Å². The maximum absolute atomic E-state index is 13.2. The van der Waals surface area contributed by atoms with Crippen molar-refractivity contribution in [2.75, 3.05) is 11.8 Å². The highest BCUT2D eigenvalue weighted by Gasteiger charge is 2.46. The number of nitrogens with one attached hydrogen (secondary N) is 2. The summed E-state index contributed by atoms with van der Waals surface area (Å²) in [5, 5.41) is 2.61. The lowest BCUT2D eigenvalue weighted by Crippen LogP contribution is -2.30. The summed E-state index contributed by atoms with van der Waals surface area (Å²) in [6, 6.07) is 7.47. The van der Waals surface area contributed by atoms with Gasteiger partial charge in [-0.3, -0.25) is 9.52 Å². The van der Waals surface area contributed by atoms with Crippen LogP contribution in [0.15, 0.2) is 51.7 Å². The van der Waals surface area contributed by atoms with Crippen molar-refractivity contribution in [3.05, 3.63) is 69.6 Å². The van der Waals surface area contributed by atoms with Gasteiger partial charge in [0.2, 0.25) is 0 Å². The van der Waals surface area contributed by atoms with Crippen molar-refractivity contribution in [3.63, 3.8) is 0 Å². The van der Waals surface area contributed by atoms with E-state index in [0.717, 1.165) is 12.8 Å². The van der Waals surface area contributed by atoms with Gasteiger partial charge in [-0.25, -0.2) is 4.98 Å². The number of nitrogens with zero attached hydrogens (tertiary/aromatic N) is 2. The Morgan fingerprint density at radius 1 is 1.21 bits per heavy atom.